The standard InChI is InChI=1S/C31H32Cl2N2/c1-5-22-8-7-9-23(6-2)29(22)35-30-21(4)18-20(3)19-31(30,34)28(24-10-14-26(32)15-11-24)25-12-16-27(33)17-13-25/h7-19,28H,5-6,34H2,1-4H3. The van der Waals surface area contributed by atoms with Crippen LogP contribution >= 0.6 is 23.2 Å². The molecule has 1 atom stereocenters. The molecule has 3 aromatic carbocycles. The Bertz CT molecular complexity index is 1230. The van der Waals surface area contributed by atoms with Gasteiger partial charge in [-0.1, -0.05) is 97.2 Å². The number of benzene rings is 3. The molecule has 0 spiro atoms. The van der Waals surface area contributed by atoms with E-state index in [1.807, 2.05) is 24.3 Å². The Morgan fingerprint density at radius 1 is 0.800 bits per heavy atom. The van der Waals surface area contributed by atoms with E-state index in [-0.39, 0.29) is 5.92 Å². The van der Waals surface area contributed by atoms with E-state index in [1.54, 1.807) is 0 Å². The van der Waals surface area contributed by atoms with Crippen molar-refractivity contribution >= 4 is 34.6 Å². The van der Waals surface area contributed by atoms with E-state index < -0.39 is 5.54 Å². The Labute approximate surface area is 219 Å². The van der Waals surface area contributed by atoms with Gasteiger partial charge in [0.2, 0.25) is 0 Å². The molecular weight excluding hydrogens is 471 g/mol. The fourth-order valence-electron chi connectivity index (χ4n) is 5.17. The lowest BCUT2D eigenvalue weighted by molar-refractivity contribution is 0.598. The van der Waals surface area contributed by atoms with Gasteiger partial charge in [-0.25, -0.2) is 0 Å². The summed E-state index contributed by atoms with van der Waals surface area (Å²) in [5.41, 5.74) is 15.3. The van der Waals surface area contributed by atoms with Gasteiger partial charge in [-0.15, -0.1) is 0 Å². The van der Waals surface area contributed by atoms with Gasteiger partial charge in [-0.3, -0.25) is 4.99 Å². The fraction of sp³-hybridized carbons (Fsp3) is 0.258. The zero-order valence-electron chi connectivity index (χ0n) is 20.8. The van der Waals surface area contributed by atoms with Crippen molar-refractivity contribution in [2.75, 3.05) is 0 Å². The molecule has 4 heteroatoms. The Morgan fingerprint density at radius 3 is 1.74 bits per heavy atom. The minimum Gasteiger partial charge on any atom is -0.316 e. The number of nitrogens with zero attached hydrogens (tertiary/aromatic N) is 1. The van der Waals surface area contributed by atoms with Crippen LogP contribution in [-0.2, 0) is 12.8 Å². The normalized spacial score (nSPS) is 19.1. The van der Waals surface area contributed by atoms with E-state index >= 15 is 0 Å². The fourth-order valence-corrected chi connectivity index (χ4v) is 5.42. The lowest BCUT2D eigenvalue weighted by Gasteiger charge is -2.40. The zero-order valence-corrected chi connectivity index (χ0v) is 22.3. The first-order chi connectivity index (χ1) is 16.8. The minimum absolute atomic E-state index is 0.187. The van der Waals surface area contributed by atoms with Crippen LogP contribution < -0.4 is 5.73 Å². The van der Waals surface area contributed by atoms with Gasteiger partial charge >= 0.3 is 0 Å². The largest absolute Gasteiger partial charge is 0.316 e. The number of halogens is 2. The minimum atomic E-state index is -0.879. The summed E-state index contributed by atoms with van der Waals surface area (Å²) in [6.07, 6.45) is 6.15. The van der Waals surface area contributed by atoms with Gasteiger partial charge in [-0.2, -0.15) is 0 Å². The molecule has 2 N–H and O–H groups in total. The van der Waals surface area contributed by atoms with Gasteiger partial charge in [0.05, 0.1) is 16.9 Å². The van der Waals surface area contributed by atoms with Crippen molar-refractivity contribution in [1.29, 1.82) is 0 Å². The molecular formula is C31H32Cl2N2. The first kappa shape index (κ1) is 25.4. The van der Waals surface area contributed by atoms with E-state index in [2.05, 4.69) is 82.3 Å². The van der Waals surface area contributed by atoms with Crippen molar-refractivity contribution in [2.24, 2.45) is 10.7 Å². The van der Waals surface area contributed by atoms with E-state index in [0.29, 0.717) is 10.0 Å². The van der Waals surface area contributed by atoms with Crippen LogP contribution in [0, 0.1) is 0 Å². The number of aryl methyl sites for hydroxylation is 2. The number of para-hydroxylation sites is 1. The third kappa shape index (κ3) is 5.16. The number of hydrogen-bond acceptors (Lipinski definition) is 2. The molecule has 0 amide bonds. The van der Waals surface area contributed by atoms with Crippen LogP contribution in [0.15, 0.2) is 95.0 Å². The third-order valence-electron chi connectivity index (χ3n) is 6.77. The third-order valence-corrected chi connectivity index (χ3v) is 7.27. The summed E-state index contributed by atoms with van der Waals surface area (Å²) in [4.78, 5) is 5.36. The summed E-state index contributed by atoms with van der Waals surface area (Å²) in [6, 6.07) is 22.4. The van der Waals surface area contributed by atoms with Gasteiger partial charge in [0.15, 0.2) is 0 Å². The quantitative estimate of drug-likeness (QED) is 0.359. The van der Waals surface area contributed by atoms with E-state index in [0.717, 1.165) is 46.5 Å². The molecule has 35 heavy (non-hydrogen) atoms. The Kier molecular flexibility index (Phi) is 7.66. The highest BCUT2D eigenvalue weighted by molar-refractivity contribution is 6.30. The summed E-state index contributed by atoms with van der Waals surface area (Å²) in [7, 11) is 0. The molecule has 2 nitrogen and oxygen atoms in total. The summed E-state index contributed by atoms with van der Waals surface area (Å²) in [5.74, 6) is -0.187. The lowest BCUT2D eigenvalue weighted by Crippen LogP contribution is -2.53. The van der Waals surface area contributed by atoms with Crippen LogP contribution in [0.4, 0.5) is 5.69 Å². The molecule has 1 aliphatic carbocycles. The first-order valence-corrected chi connectivity index (χ1v) is 12.9. The maximum Gasteiger partial charge on any atom is 0.0887 e. The smallest absolute Gasteiger partial charge is 0.0887 e. The van der Waals surface area contributed by atoms with E-state index in [4.69, 9.17) is 33.9 Å². The Balaban J connectivity index is 2.00. The van der Waals surface area contributed by atoms with Gasteiger partial charge < -0.3 is 5.73 Å². The summed E-state index contributed by atoms with van der Waals surface area (Å²) in [5, 5.41) is 1.39. The topological polar surface area (TPSA) is 38.4 Å². The molecule has 0 saturated carbocycles. The van der Waals surface area contributed by atoms with Gasteiger partial charge in [0, 0.05) is 16.0 Å². The lowest BCUT2D eigenvalue weighted by atomic mass is 9.68. The predicted octanol–water partition coefficient (Wildman–Crippen LogP) is 8.63. The molecule has 0 saturated heterocycles. The van der Waals surface area contributed by atoms with Crippen LogP contribution in [0.5, 0.6) is 0 Å². The van der Waals surface area contributed by atoms with Crippen molar-refractivity contribution in [3.8, 4) is 0 Å². The summed E-state index contributed by atoms with van der Waals surface area (Å²) >= 11 is 12.5. The second-order valence-corrected chi connectivity index (χ2v) is 10.2. The SMILES string of the molecule is CCc1cccc(CC)c1N=C1C(C)=CC(C)=CC1(N)C(c1ccc(Cl)cc1)c1ccc(Cl)cc1. The number of aliphatic imine (C=N–C) groups is 1. The van der Waals surface area contributed by atoms with Crippen molar-refractivity contribution in [2.45, 2.75) is 52.0 Å². The molecule has 4 rings (SSSR count). The Hall–Kier alpha value is -2.65. The predicted molar refractivity (Wildman–Crippen MR) is 151 cm³/mol. The highest BCUT2D eigenvalue weighted by Crippen LogP contribution is 2.42. The van der Waals surface area contributed by atoms with Crippen molar-refractivity contribution in [3.05, 3.63) is 122 Å². The van der Waals surface area contributed by atoms with Crippen molar-refractivity contribution < 1.29 is 0 Å². The van der Waals surface area contributed by atoms with Crippen LogP contribution in [-0.4, -0.2) is 11.3 Å². The Morgan fingerprint density at radius 2 is 1.29 bits per heavy atom. The summed E-state index contributed by atoms with van der Waals surface area (Å²) in [6.45, 7) is 8.55. The second kappa shape index (κ2) is 10.5. The first-order valence-electron chi connectivity index (χ1n) is 12.1. The van der Waals surface area contributed by atoms with E-state index in [9.17, 15) is 0 Å². The zero-order chi connectivity index (χ0) is 25.2. The van der Waals surface area contributed by atoms with Gasteiger partial charge in [0.1, 0.15) is 0 Å². The van der Waals surface area contributed by atoms with Gasteiger partial charge in [0.25, 0.3) is 0 Å². The van der Waals surface area contributed by atoms with E-state index in [1.165, 1.54) is 11.1 Å². The van der Waals surface area contributed by atoms with Crippen LogP contribution in [0.3, 0.4) is 0 Å². The summed E-state index contributed by atoms with van der Waals surface area (Å²) < 4.78 is 0. The molecule has 0 fully saturated rings. The van der Waals surface area contributed by atoms with Crippen LogP contribution in [0.25, 0.3) is 0 Å². The highest BCUT2D eigenvalue weighted by Gasteiger charge is 2.42. The molecule has 1 aliphatic rings. The molecule has 1 unspecified atom stereocenters. The molecule has 3 aromatic rings. The second-order valence-electron chi connectivity index (χ2n) is 9.28. The average molecular weight is 504 g/mol. The molecule has 0 aromatic heterocycles. The van der Waals surface area contributed by atoms with Crippen molar-refractivity contribution in [1.82, 2.24) is 0 Å². The van der Waals surface area contributed by atoms with Gasteiger partial charge in [-0.05, 0) is 78.8 Å². The molecule has 0 bridgehead atoms. The van der Waals surface area contributed by atoms with Crippen molar-refractivity contribution in [3.63, 3.8) is 0 Å². The average Bonchev–Trinajstić information content (AvgIpc) is 2.83. The number of allylic oxidation sites excluding steroid dienone is 2. The number of rotatable bonds is 6. The van der Waals surface area contributed by atoms with Crippen LogP contribution in [0.2, 0.25) is 10.0 Å². The molecule has 0 heterocycles. The maximum atomic E-state index is 7.49. The molecule has 0 radical (unpaired) electrons. The number of hydrogen-bond donors (Lipinski definition) is 1. The maximum absolute atomic E-state index is 7.49. The monoisotopic (exact) mass is 502 g/mol. The molecule has 180 valence electrons. The number of nitrogens with two attached hydrogens (primary N) is 1. The van der Waals surface area contributed by atoms with Crippen LogP contribution in [0.1, 0.15) is 55.9 Å². The highest BCUT2D eigenvalue weighted by atomic mass is 35.5. The molecule has 0 aliphatic heterocycles.